The van der Waals surface area contributed by atoms with Crippen LogP contribution in [0, 0.1) is 10.4 Å². The van der Waals surface area contributed by atoms with E-state index in [0.29, 0.717) is 0 Å². The SMILES string of the molecule is [O-][N+]1([O-])SC=C2C=CC=CC21. The number of allylic oxidation sites excluding steroid dienone is 2. The van der Waals surface area contributed by atoms with Crippen LogP contribution in [0.5, 0.6) is 0 Å². The summed E-state index contributed by atoms with van der Waals surface area (Å²) < 4.78 is -1.50. The maximum absolute atomic E-state index is 11.1. The zero-order valence-corrected chi connectivity index (χ0v) is 6.45. The van der Waals surface area contributed by atoms with Crippen LogP contribution >= 0.6 is 11.9 Å². The maximum Gasteiger partial charge on any atom is 0.145 e. The third-order valence-electron chi connectivity index (χ3n) is 1.71. The standard InChI is InChI=1S/C7H6NO2S/c9-8(10)7-4-2-1-3-6(7)5-11-8/h1-5,7H/q-1. The number of nitrogens with zero attached hydrogens (tertiary/aromatic N) is 1. The number of rotatable bonds is 0. The second-order valence-corrected chi connectivity index (χ2v) is 3.41. The van der Waals surface area contributed by atoms with Crippen LogP contribution in [-0.2, 0) is 0 Å². The molecule has 0 bridgehead atoms. The van der Waals surface area contributed by atoms with Gasteiger partial charge in [0.15, 0.2) is 0 Å². The van der Waals surface area contributed by atoms with E-state index < -0.39 is 10.3 Å². The van der Waals surface area contributed by atoms with Crippen molar-refractivity contribution in [3.05, 3.63) is 45.7 Å². The molecule has 0 spiro atoms. The minimum atomic E-state index is -1.50. The number of fused-ring (bicyclic) bond motifs is 1. The van der Waals surface area contributed by atoms with E-state index in [2.05, 4.69) is 0 Å². The smallest absolute Gasteiger partial charge is 0.145 e. The van der Waals surface area contributed by atoms with Gasteiger partial charge in [0.05, 0.1) is 0 Å². The molecule has 1 atom stereocenters. The molecule has 0 aromatic heterocycles. The molecule has 2 aliphatic rings. The predicted octanol–water partition coefficient (Wildman–Crippen LogP) is 1.84. The normalized spacial score (nSPS) is 31.8. The van der Waals surface area contributed by atoms with Crippen molar-refractivity contribution in [2.45, 2.75) is 6.04 Å². The Balaban J connectivity index is 2.35. The number of quaternary nitrogens is 1. The van der Waals surface area contributed by atoms with E-state index in [1.165, 1.54) is 0 Å². The summed E-state index contributed by atoms with van der Waals surface area (Å²) in [7, 11) is 0. The van der Waals surface area contributed by atoms with Gasteiger partial charge >= 0.3 is 0 Å². The second-order valence-electron chi connectivity index (χ2n) is 2.45. The van der Waals surface area contributed by atoms with E-state index >= 15 is 0 Å². The van der Waals surface area contributed by atoms with Gasteiger partial charge in [0.25, 0.3) is 0 Å². The third kappa shape index (κ3) is 1.04. The molecule has 1 heterocycles. The van der Waals surface area contributed by atoms with Crippen molar-refractivity contribution in [3.63, 3.8) is 0 Å². The van der Waals surface area contributed by atoms with Crippen molar-refractivity contribution < 1.29 is 4.21 Å². The van der Waals surface area contributed by atoms with E-state index in [0.717, 1.165) is 17.5 Å². The first-order valence-corrected chi connectivity index (χ1v) is 4.08. The zero-order chi connectivity index (χ0) is 7.90. The molecular formula is C7H6NO2S-. The summed E-state index contributed by atoms with van der Waals surface area (Å²) in [6, 6.07) is -0.537. The molecule has 0 N–H and O–H groups in total. The van der Waals surface area contributed by atoms with Crippen molar-refractivity contribution in [2.24, 2.45) is 0 Å². The van der Waals surface area contributed by atoms with Gasteiger partial charge in [0, 0.05) is 11.0 Å². The molecule has 1 aliphatic carbocycles. The van der Waals surface area contributed by atoms with Crippen LogP contribution in [-0.4, -0.2) is 10.3 Å². The van der Waals surface area contributed by atoms with Gasteiger partial charge < -0.3 is 14.6 Å². The minimum absolute atomic E-state index is 0.537. The van der Waals surface area contributed by atoms with Crippen molar-refractivity contribution in [3.8, 4) is 0 Å². The summed E-state index contributed by atoms with van der Waals surface area (Å²) in [5.74, 6) is 0. The Kier molecular flexibility index (Phi) is 1.43. The monoisotopic (exact) mass is 168 g/mol. The van der Waals surface area contributed by atoms with Crippen molar-refractivity contribution in [1.29, 1.82) is 0 Å². The van der Waals surface area contributed by atoms with Crippen LogP contribution in [0.3, 0.4) is 0 Å². The Labute approximate surface area is 68.6 Å². The molecule has 4 heteroatoms. The Morgan fingerprint density at radius 2 is 2.18 bits per heavy atom. The molecule has 11 heavy (non-hydrogen) atoms. The molecule has 3 nitrogen and oxygen atoms in total. The molecule has 1 unspecified atom stereocenters. The Bertz CT molecular complexity index is 268. The Hall–Kier alpha value is -0.550. The number of hydrogen-bond donors (Lipinski definition) is 0. The predicted molar refractivity (Wildman–Crippen MR) is 44.7 cm³/mol. The highest BCUT2D eigenvalue weighted by Crippen LogP contribution is 2.39. The van der Waals surface area contributed by atoms with Crippen molar-refractivity contribution in [1.82, 2.24) is 0 Å². The summed E-state index contributed by atoms with van der Waals surface area (Å²) >= 11 is 0.767. The average Bonchev–Trinajstić information content (AvgIpc) is 2.29. The molecule has 2 rings (SSSR count). The van der Waals surface area contributed by atoms with Gasteiger partial charge in [-0.05, 0) is 6.08 Å². The molecule has 0 saturated carbocycles. The molecule has 0 radical (unpaired) electrons. The molecule has 0 saturated heterocycles. The number of hydroxylamine groups is 2. The zero-order valence-electron chi connectivity index (χ0n) is 5.64. The van der Waals surface area contributed by atoms with Gasteiger partial charge in [-0.2, -0.15) is 0 Å². The average molecular weight is 168 g/mol. The molecule has 1 aliphatic heterocycles. The fraction of sp³-hybridized carbons (Fsp3) is 0.143. The van der Waals surface area contributed by atoms with E-state index in [4.69, 9.17) is 0 Å². The van der Waals surface area contributed by atoms with E-state index in [1.807, 2.05) is 6.08 Å². The first-order chi connectivity index (χ1) is 5.20. The van der Waals surface area contributed by atoms with Crippen LogP contribution in [0.4, 0.5) is 0 Å². The Morgan fingerprint density at radius 3 is 2.91 bits per heavy atom. The molecule has 58 valence electrons. The summed E-state index contributed by atoms with van der Waals surface area (Å²) in [5, 5.41) is 23.8. The van der Waals surface area contributed by atoms with Gasteiger partial charge in [0.1, 0.15) is 18.0 Å². The largest absolute Gasteiger partial charge is 0.618 e. The van der Waals surface area contributed by atoms with E-state index in [1.54, 1.807) is 23.6 Å². The van der Waals surface area contributed by atoms with E-state index in [-0.39, 0.29) is 0 Å². The van der Waals surface area contributed by atoms with Crippen molar-refractivity contribution in [2.75, 3.05) is 0 Å². The topological polar surface area (TPSA) is 46.1 Å². The fourth-order valence-electron chi connectivity index (χ4n) is 1.14. The van der Waals surface area contributed by atoms with Gasteiger partial charge in [-0.3, -0.25) is 0 Å². The fourth-order valence-corrected chi connectivity index (χ4v) is 1.95. The van der Waals surface area contributed by atoms with Gasteiger partial charge in [-0.15, -0.1) is 0 Å². The van der Waals surface area contributed by atoms with Crippen LogP contribution in [0.1, 0.15) is 0 Å². The molecule has 0 fully saturated rings. The van der Waals surface area contributed by atoms with Gasteiger partial charge in [-0.1, -0.05) is 18.2 Å². The lowest BCUT2D eigenvalue weighted by Gasteiger charge is -2.45. The Morgan fingerprint density at radius 1 is 1.36 bits per heavy atom. The van der Waals surface area contributed by atoms with Crippen LogP contribution in [0.15, 0.2) is 35.3 Å². The van der Waals surface area contributed by atoms with Gasteiger partial charge in [-0.25, -0.2) is 0 Å². The second kappa shape index (κ2) is 2.22. The lowest BCUT2D eigenvalue weighted by atomic mass is 10.1. The van der Waals surface area contributed by atoms with Crippen molar-refractivity contribution >= 4 is 11.9 Å². The highest BCUT2D eigenvalue weighted by Gasteiger charge is 2.29. The maximum atomic E-state index is 11.1. The van der Waals surface area contributed by atoms with E-state index in [9.17, 15) is 10.4 Å². The highest BCUT2D eigenvalue weighted by atomic mass is 32.2. The van der Waals surface area contributed by atoms with Crippen LogP contribution in [0.25, 0.3) is 0 Å². The molecule has 0 aromatic rings. The summed E-state index contributed by atoms with van der Waals surface area (Å²) in [5.41, 5.74) is 0.822. The molecule has 0 aromatic carbocycles. The lowest BCUT2D eigenvalue weighted by molar-refractivity contribution is -0.694. The summed E-state index contributed by atoms with van der Waals surface area (Å²) in [4.78, 5) is 0. The summed E-state index contributed by atoms with van der Waals surface area (Å²) in [6.07, 6.45) is 7.00. The molecule has 0 amide bonds. The first kappa shape index (κ1) is 7.12. The third-order valence-corrected chi connectivity index (χ3v) is 2.61. The quantitative estimate of drug-likeness (QED) is 0.315. The summed E-state index contributed by atoms with van der Waals surface area (Å²) in [6.45, 7) is 0. The molecular weight excluding hydrogens is 162 g/mol. The minimum Gasteiger partial charge on any atom is -0.618 e. The van der Waals surface area contributed by atoms with Gasteiger partial charge in [0.2, 0.25) is 0 Å². The van der Waals surface area contributed by atoms with Crippen LogP contribution in [0.2, 0.25) is 0 Å². The first-order valence-electron chi connectivity index (χ1n) is 3.24. The highest BCUT2D eigenvalue weighted by molar-refractivity contribution is 7.97. The van der Waals surface area contributed by atoms with Crippen LogP contribution < -0.4 is 0 Å². The number of hydrogen-bond acceptors (Lipinski definition) is 3. The lowest BCUT2D eigenvalue weighted by Crippen LogP contribution is -2.35.